The molecule has 3 amide bonds. The molecule has 4 saturated heterocycles. The number of aromatic nitrogens is 2. The largest absolute Gasteiger partial charge is 0.341 e. The molecule has 4 aliphatic heterocycles. The van der Waals surface area contributed by atoms with Crippen molar-refractivity contribution >= 4 is 17.7 Å². The average molecular weight is 414 g/mol. The van der Waals surface area contributed by atoms with Gasteiger partial charge in [0.1, 0.15) is 6.04 Å². The van der Waals surface area contributed by atoms with E-state index in [1.54, 1.807) is 12.4 Å². The van der Waals surface area contributed by atoms with Crippen LogP contribution >= 0.6 is 0 Å². The van der Waals surface area contributed by atoms with Gasteiger partial charge in [0, 0.05) is 50.8 Å². The number of carbonyl (C=O) groups excluding carboxylic acids is 3. The van der Waals surface area contributed by atoms with Gasteiger partial charge < -0.3 is 14.7 Å². The van der Waals surface area contributed by atoms with Crippen molar-refractivity contribution in [1.29, 1.82) is 0 Å². The molecule has 0 radical (unpaired) electrons. The van der Waals surface area contributed by atoms with E-state index < -0.39 is 6.04 Å². The molecule has 4 aliphatic rings. The second-order valence-corrected chi connectivity index (χ2v) is 9.40. The highest BCUT2D eigenvalue weighted by molar-refractivity contribution is 5.94. The highest BCUT2D eigenvalue weighted by atomic mass is 16.2. The number of aromatic amines is 1. The Morgan fingerprint density at radius 2 is 1.77 bits per heavy atom. The normalized spacial score (nSPS) is 31.9. The molecule has 0 unspecified atom stereocenters. The lowest BCUT2D eigenvalue weighted by molar-refractivity contribution is -0.164. The molecule has 0 aliphatic carbocycles. The molecule has 8 nitrogen and oxygen atoms in total. The van der Waals surface area contributed by atoms with Gasteiger partial charge in [-0.15, -0.1) is 0 Å². The third-order valence-corrected chi connectivity index (χ3v) is 7.54. The number of piperidine rings is 3. The number of H-pyrrole nitrogens is 1. The molecule has 1 aromatic rings. The van der Waals surface area contributed by atoms with E-state index in [9.17, 15) is 14.4 Å². The first-order valence-electron chi connectivity index (χ1n) is 11.5. The lowest BCUT2D eigenvalue weighted by Gasteiger charge is -2.56. The first-order chi connectivity index (χ1) is 14.6. The smallest absolute Gasteiger partial charge is 0.257 e. The Morgan fingerprint density at radius 3 is 2.50 bits per heavy atom. The molecule has 162 valence electrons. The van der Waals surface area contributed by atoms with Gasteiger partial charge in [-0.05, 0) is 38.0 Å². The fourth-order valence-electron chi connectivity index (χ4n) is 6.17. The van der Waals surface area contributed by atoms with Crippen molar-refractivity contribution < 1.29 is 14.4 Å². The Morgan fingerprint density at radius 1 is 1.00 bits per heavy atom. The maximum atomic E-state index is 13.7. The molecule has 0 saturated carbocycles. The second kappa shape index (κ2) is 8.04. The van der Waals surface area contributed by atoms with Crippen molar-refractivity contribution in [2.75, 3.05) is 26.2 Å². The summed E-state index contributed by atoms with van der Waals surface area (Å²) in [4.78, 5) is 45.6. The van der Waals surface area contributed by atoms with Gasteiger partial charge in [0.25, 0.3) is 5.91 Å². The Hall–Kier alpha value is -2.38. The molecular formula is C22H31N5O3. The second-order valence-electron chi connectivity index (χ2n) is 9.40. The molecule has 4 fully saturated rings. The van der Waals surface area contributed by atoms with Crippen molar-refractivity contribution in [1.82, 2.24) is 24.9 Å². The van der Waals surface area contributed by atoms with Crippen LogP contribution < -0.4 is 0 Å². The summed E-state index contributed by atoms with van der Waals surface area (Å²) < 4.78 is 0. The Bertz CT molecular complexity index is 802. The van der Waals surface area contributed by atoms with Gasteiger partial charge in [0.15, 0.2) is 0 Å². The SMILES string of the molecule is O=C(c1cn[nH]c1)N1C[C@H]2C[C@@H](C1)[C@H](C(=O)N1CCCCCC1)N1C(=O)CCC[C@@H]21. The topological polar surface area (TPSA) is 89.6 Å². The van der Waals surface area contributed by atoms with E-state index in [2.05, 4.69) is 10.2 Å². The van der Waals surface area contributed by atoms with E-state index in [1.807, 2.05) is 14.7 Å². The van der Waals surface area contributed by atoms with Crippen molar-refractivity contribution in [3.05, 3.63) is 18.0 Å². The highest BCUT2D eigenvalue weighted by Crippen LogP contribution is 2.42. The van der Waals surface area contributed by atoms with Gasteiger partial charge in [-0.25, -0.2) is 0 Å². The van der Waals surface area contributed by atoms with Crippen LogP contribution in [0.15, 0.2) is 12.4 Å². The van der Waals surface area contributed by atoms with Crippen LogP contribution in [0.2, 0.25) is 0 Å². The fraction of sp³-hybridized carbons (Fsp3) is 0.727. The fourth-order valence-corrected chi connectivity index (χ4v) is 6.17. The minimum absolute atomic E-state index is 0.00801. The lowest BCUT2D eigenvalue weighted by atomic mass is 9.71. The van der Waals surface area contributed by atoms with E-state index in [0.29, 0.717) is 25.1 Å². The maximum Gasteiger partial charge on any atom is 0.257 e. The lowest BCUT2D eigenvalue weighted by Crippen LogP contribution is -2.69. The number of likely N-dealkylation sites (tertiary alicyclic amines) is 2. The van der Waals surface area contributed by atoms with Crippen LogP contribution in [-0.2, 0) is 9.59 Å². The summed E-state index contributed by atoms with van der Waals surface area (Å²) in [5.41, 5.74) is 0.557. The van der Waals surface area contributed by atoms with Crippen LogP contribution in [0.1, 0.15) is 61.7 Å². The molecule has 2 bridgehead atoms. The molecule has 5 heterocycles. The molecule has 8 heteroatoms. The number of carbonyl (C=O) groups is 3. The van der Waals surface area contributed by atoms with E-state index >= 15 is 0 Å². The van der Waals surface area contributed by atoms with E-state index in [-0.39, 0.29) is 35.6 Å². The molecule has 30 heavy (non-hydrogen) atoms. The van der Waals surface area contributed by atoms with E-state index in [1.165, 1.54) is 0 Å². The van der Waals surface area contributed by atoms with Crippen LogP contribution in [0.4, 0.5) is 0 Å². The summed E-state index contributed by atoms with van der Waals surface area (Å²) in [5.74, 6) is 0.461. The van der Waals surface area contributed by atoms with E-state index in [0.717, 1.165) is 58.0 Å². The van der Waals surface area contributed by atoms with Gasteiger partial charge in [-0.1, -0.05) is 12.8 Å². The van der Waals surface area contributed by atoms with Crippen molar-refractivity contribution in [2.24, 2.45) is 11.8 Å². The molecule has 0 aromatic carbocycles. The van der Waals surface area contributed by atoms with Gasteiger partial charge in [0.2, 0.25) is 11.8 Å². The standard InChI is InChI=1S/C22H31N5O3/c28-19-7-5-6-18-15-10-16(14-26(13-15)21(29)17-11-23-24-12-17)20(27(18)19)22(30)25-8-3-1-2-4-9-25/h11-12,15-16,18,20H,1-10,13-14H2,(H,23,24)/t15-,16+,18+,20-/m1/s1. The number of hydrogen-bond acceptors (Lipinski definition) is 4. The molecular weight excluding hydrogens is 382 g/mol. The number of fused-ring (bicyclic) bond motifs is 4. The summed E-state index contributed by atoms with van der Waals surface area (Å²) in [7, 11) is 0. The Kier molecular flexibility index (Phi) is 5.25. The third kappa shape index (κ3) is 3.40. The summed E-state index contributed by atoms with van der Waals surface area (Å²) >= 11 is 0. The minimum atomic E-state index is -0.419. The zero-order valence-corrected chi connectivity index (χ0v) is 17.5. The van der Waals surface area contributed by atoms with Crippen LogP contribution in [0.25, 0.3) is 0 Å². The Balaban J connectivity index is 1.44. The van der Waals surface area contributed by atoms with Gasteiger partial charge in [-0.2, -0.15) is 5.10 Å². The van der Waals surface area contributed by atoms with Crippen molar-refractivity contribution in [3.63, 3.8) is 0 Å². The molecule has 4 atom stereocenters. The summed E-state index contributed by atoms with van der Waals surface area (Å²) in [6.45, 7) is 2.76. The number of nitrogens with one attached hydrogen (secondary N) is 1. The zero-order valence-electron chi connectivity index (χ0n) is 17.5. The van der Waals surface area contributed by atoms with Crippen LogP contribution in [0, 0.1) is 11.8 Å². The predicted molar refractivity (Wildman–Crippen MR) is 109 cm³/mol. The molecule has 5 rings (SSSR count). The number of amides is 3. The summed E-state index contributed by atoms with van der Waals surface area (Å²) in [6.07, 6.45) is 10.9. The van der Waals surface area contributed by atoms with Gasteiger partial charge >= 0.3 is 0 Å². The molecule has 0 spiro atoms. The predicted octanol–water partition coefficient (Wildman–Crippen LogP) is 1.65. The number of nitrogens with zero attached hydrogens (tertiary/aromatic N) is 4. The number of hydrogen-bond donors (Lipinski definition) is 1. The highest BCUT2D eigenvalue weighted by Gasteiger charge is 2.53. The third-order valence-electron chi connectivity index (χ3n) is 7.54. The Labute approximate surface area is 177 Å². The number of rotatable bonds is 2. The molecule has 1 aromatic heterocycles. The van der Waals surface area contributed by atoms with Crippen LogP contribution in [-0.4, -0.2) is 80.9 Å². The molecule has 1 N–H and O–H groups in total. The van der Waals surface area contributed by atoms with Gasteiger partial charge in [0.05, 0.1) is 11.8 Å². The minimum Gasteiger partial charge on any atom is -0.341 e. The average Bonchev–Trinajstić information content (AvgIpc) is 3.16. The first-order valence-corrected chi connectivity index (χ1v) is 11.5. The quantitative estimate of drug-likeness (QED) is 0.798. The van der Waals surface area contributed by atoms with Crippen molar-refractivity contribution in [3.8, 4) is 0 Å². The summed E-state index contributed by atoms with van der Waals surface area (Å²) in [6, 6.07) is -0.347. The van der Waals surface area contributed by atoms with Crippen LogP contribution in [0.3, 0.4) is 0 Å². The zero-order chi connectivity index (χ0) is 20.7. The first kappa shape index (κ1) is 19.6. The maximum absolute atomic E-state index is 13.7. The van der Waals surface area contributed by atoms with Gasteiger partial charge in [-0.3, -0.25) is 19.5 Å². The van der Waals surface area contributed by atoms with Crippen LogP contribution in [0.5, 0.6) is 0 Å². The van der Waals surface area contributed by atoms with E-state index in [4.69, 9.17) is 0 Å². The summed E-state index contributed by atoms with van der Waals surface area (Å²) in [5, 5.41) is 6.63. The van der Waals surface area contributed by atoms with Crippen molar-refractivity contribution in [2.45, 2.75) is 63.5 Å². The monoisotopic (exact) mass is 413 g/mol.